The summed E-state index contributed by atoms with van der Waals surface area (Å²) in [5, 5.41) is 0. The Morgan fingerprint density at radius 3 is 2.31 bits per heavy atom. The number of aromatic amines is 2. The topological polar surface area (TPSA) is 116 Å². The summed E-state index contributed by atoms with van der Waals surface area (Å²) in [5.74, 6) is 1.54. The molecule has 6 rings (SSSR count). The van der Waals surface area contributed by atoms with E-state index >= 15 is 0 Å². The summed E-state index contributed by atoms with van der Waals surface area (Å²) < 4.78 is 11.2. The Morgan fingerprint density at radius 1 is 0.917 bits per heavy atom. The molecule has 2 aromatic heterocycles. The molecule has 48 heavy (non-hydrogen) atoms. The van der Waals surface area contributed by atoms with E-state index < -0.39 is 11.2 Å². The van der Waals surface area contributed by atoms with Crippen LogP contribution in [0.3, 0.4) is 0 Å². The number of nitrogens with one attached hydrogen (secondary N) is 2. The fraction of sp³-hybridized carbons (Fsp3) is 0.474. The van der Waals surface area contributed by atoms with E-state index in [2.05, 4.69) is 57.4 Å². The Labute approximate surface area is 283 Å². The Kier molecular flexibility index (Phi) is 8.87. The number of amides is 2. The van der Waals surface area contributed by atoms with E-state index in [-0.39, 0.29) is 24.3 Å². The summed E-state index contributed by atoms with van der Waals surface area (Å²) in [5.41, 5.74) is 7.62. The highest BCUT2D eigenvalue weighted by Crippen LogP contribution is 2.37. The molecule has 0 radical (unpaired) electrons. The highest BCUT2D eigenvalue weighted by Gasteiger charge is 2.35. The lowest BCUT2D eigenvalue weighted by atomic mass is 9.95. The minimum atomic E-state index is -0.562. The minimum absolute atomic E-state index is 0.118. The monoisotopic (exact) mass is 652 g/mol. The standard InChI is InChI=1S/C38H48N6O4/c1-23(43(8)35(45)47-37(2,3)4)33-40-29-12-9-11-27-21-26(18-19-28(27)32(29)42-33)24-14-16-25(17-15-24)30-22-39-34(41-30)31-13-10-20-44(31)36(46)48-38(5,6)7/h14-19,21-23,31H,9-13,20H2,1-8H3,(H,39,41)(H,40,42)/t23-,31-/m0/s1. The van der Waals surface area contributed by atoms with Crippen molar-refractivity contribution in [3.8, 4) is 33.6 Å². The lowest BCUT2D eigenvalue weighted by Crippen LogP contribution is -2.36. The normalized spacial score (nSPS) is 16.9. The van der Waals surface area contributed by atoms with Crippen molar-refractivity contribution >= 4 is 12.2 Å². The van der Waals surface area contributed by atoms with Crippen LogP contribution >= 0.6 is 0 Å². The fourth-order valence-electron chi connectivity index (χ4n) is 6.46. The third-order valence-electron chi connectivity index (χ3n) is 9.01. The molecule has 10 nitrogen and oxygen atoms in total. The average molecular weight is 653 g/mol. The Bertz CT molecular complexity index is 1790. The zero-order valence-corrected chi connectivity index (χ0v) is 29.4. The van der Waals surface area contributed by atoms with Crippen LogP contribution in [0.25, 0.3) is 33.6 Å². The van der Waals surface area contributed by atoms with Crippen LogP contribution in [0.4, 0.5) is 9.59 Å². The SMILES string of the molecule is C[C@@H](c1nc2c([nH]1)CCCc1cc(-c3ccc(-c4cnc([C@@H]5CCCN5C(=O)OC(C)(C)C)[nH]4)cc3)ccc1-2)N(C)C(=O)OC(C)(C)C. The largest absolute Gasteiger partial charge is 0.444 e. The molecule has 1 aliphatic carbocycles. The number of carbonyl (C=O) groups is 2. The zero-order chi connectivity index (χ0) is 34.4. The van der Waals surface area contributed by atoms with Gasteiger partial charge in [-0.1, -0.05) is 42.5 Å². The van der Waals surface area contributed by atoms with Crippen LogP contribution < -0.4 is 0 Å². The highest BCUT2D eigenvalue weighted by atomic mass is 16.6. The first-order valence-corrected chi connectivity index (χ1v) is 17.0. The van der Waals surface area contributed by atoms with Crippen molar-refractivity contribution in [2.24, 2.45) is 0 Å². The zero-order valence-electron chi connectivity index (χ0n) is 29.4. The summed E-state index contributed by atoms with van der Waals surface area (Å²) in [6, 6.07) is 14.7. The molecule has 2 atom stereocenters. The number of H-pyrrole nitrogens is 2. The molecule has 10 heteroatoms. The second-order valence-corrected chi connectivity index (χ2v) is 15.0. The number of aromatic nitrogens is 4. The fourth-order valence-corrected chi connectivity index (χ4v) is 6.46. The number of aryl methyl sites for hydroxylation is 2. The first kappa shape index (κ1) is 33.3. The van der Waals surface area contributed by atoms with Crippen molar-refractivity contribution in [2.75, 3.05) is 13.6 Å². The van der Waals surface area contributed by atoms with E-state index in [0.717, 1.165) is 83.1 Å². The number of nitrogens with zero attached hydrogens (tertiary/aromatic N) is 4. The number of ether oxygens (including phenoxy) is 2. The van der Waals surface area contributed by atoms with Gasteiger partial charge in [-0.25, -0.2) is 19.6 Å². The molecule has 4 aromatic rings. The molecule has 2 aliphatic rings. The van der Waals surface area contributed by atoms with Gasteiger partial charge in [0.1, 0.15) is 22.9 Å². The molecule has 2 aromatic carbocycles. The van der Waals surface area contributed by atoms with E-state index in [1.807, 2.05) is 54.7 Å². The van der Waals surface area contributed by atoms with Crippen molar-refractivity contribution in [1.82, 2.24) is 29.7 Å². The van der Waals surface area contributed by atoms with Gasteiger partial charge in [0, 0.05) is 24.8 Å². The van der Waals surface area contributed by atoms with Gasteiger partial charge in [-0.15, -0.1) is 0 Å². The highest BCUT2D eigenvalue weighted by molar-refractivity contribution is 5.75. The van der Waals surface area contributed by atoms with Gasteiger partial charge < -0.3 is 24.3 Å². The maximum Gasteiger partial charge on any atom is 0.410 e. The second-order valence-electron chi connectivity index (χ2n) is 15.0. The summed E-state index contributed by atoms with van der Waals surface area (Å²) in [6.07, 6.45) is 5.82. The van der Waals surface area contributed by atoms with Gasteiger partial charge in [0.15, 0.2) is 0 Å². The van der Waals surface area contributed by atoms with Crippen molar-refractivity contribution < 1.29 is 19.1 Å². The number of rotatable bonds is 5. The predicted molar refractivity (Wildman–Crippen MR) is 186 cm³/mol. The van der Waals surface area contributed by atoms with Gasteiger partial charge in [-0.2, -0.15) is 0 Å². The van der Waals surface area contributed by atoms with E-state index in [1.165, 1.54) is 5.56 Å². The summed E-state index contributed by atoms with van der Waals surface area (Å²) in [7, 11) is 1.75. The van der Waals surface area contributed by atoms with Gasteiger partial charge in [0.2, 0.25) is 0 Å². The number of hydrogen-bond acceptors (Lipinski definition) is 6. The Morgan fingerprint density at radius 2 is 1.60 bits per heavy atom. The van der Waals surface area contributed by atoms with Crippen molar-refractivity contribution in [2.45, 2.75) is 104 Å². The number of fused-ring (bicyclic) bond motifs is 3. The number of carbonyl (C=O) groups excluding carboxylic acids is 2. The lowest BCUT2D eigenvalue weighted by Gasteiger charge is -2.27. The molecule has 1 fully saturated rings. The molecular formula is C38H48N6O4. The van der Waals surface area contributed by atoms with Crippen molar-refractivity contribution in [3.05, 3.63) is 71.6 Å². The Hall–Kier alpha value is -4.60. The van der Waals surface area contributed by atoms with E-state index in [4.69, 9.17) is 14.5 Å². The maximum absolute atomic E-state index is 12.8. The van der Waals surface area contributed by atoms with Crippen LogP contribution in [0.15, 0.2) is 48.7 Å². The molecule has 2 N–H and O–H groups in total. The molecule has 2 amide bonds. The quantitative estimate of drug-likeness (QED) is 0.223. The predicted octanol–water partition coefficient (Wildman–Crippen LogP) is 8.62. The number of hydrogen-bond donors (Lipinski definition) is 2. The van der Waals surface area contributed by atoms with Crippen LogP contribution in [-0.2, 0) is 22.3 Å². The van der Waals surface area contributed by atoms with Crippen LogP contribution in [0.5, 0.6) is 0 Å². The number of benzene rings is 2. The van der Waals surface area contributed by atoms with Gasteiger partial charge in [0.25, 0.3) is 0 Å². The third kappa shape index (κ3) is 7.12. The Balaban J connectivity index is 1.18. The number of imidazole rings is 2. The molecule has 1 aliphatic heterocycles. The van der Waals surface area contributed by atoms with Gasteiger partial charge in [0.05, 0.1) is 29.7 Å². The molecular weight excluding hydrogens is 604 g/mol. The van der Waals surface area contributed by atoms with Crippen LogP contribution in [0.2, 0.25) is 0 Å². The molecule has 0 saturated carbocycles. The molecule has 0 bridgehead atoms. The molecule has 1 saturated heterocycles. The summed E-state index contributed by atoms with van der Waals surface area (Å²) in [6.45, 7) is 13.9. The van der Waals surface area contributed by atoms with Crippen LogP contribution in [0.1, 0.15) is 103 Å². The smallest absolute Gasteiger partial charge is 0.410 e. The third-order valence-corrected chi connectivity index (χ3v) is 9.01. The minimum Gasteiger partial charge on any atom is -0.444 e. The van der Waals surface area contributed by atoms with E-state index in [0.29, 0.717) is 6.54 Å². The molecule has 3 heterocycles. The van der Waals surface area contributed by atoms with Gasteiger partial charge in [-0.3, -0.25) is 4.90 Å². The average Bonchev–Trinajstić information content (AvgIpc) is 3.77. The van der Waals surface area contributed by atoms with Crippen LogP contribution in [0, 0.1) is 0 Å². The molecule has 0 unspecified atom stereocenters. The first-order valence-electron chi connectivity index (χ1n) is 17.0. The summed E-state index contributed by atoms with van der Waals surface area (Å²) >= 11 is 0. The second kappa shape index (κ2) is 12.8. The molecule has 0 spiro atoms. The van der Waals surface area contributed by atoms with E-state index in [1.54, 1.807) is 16.8 Å². The lowest BCUT2D eigenvalue weighted by molar-refractivity contribution is 0.0212. The maximum atomic E-state index is 12.8. The first-order chi connectivity index (χ1) is 22.7. The van der Waals surface area contributed by atoms with Crippen molar-refractivity contribution in [1.29, 1.82) is 0 Å². The number of likely N-dealkylation sites (tertiary alicyclic amines) is 1. The van der Waals surface area contributed by atoms with Crippen LogP contribution in [-0.4, -0.2) is 66.7 Å². The van der Waals surface area contributed by atoms with E-state index in [9.17, 15) is 9.59 Å². The summed E-state index contributed by atoms with van der Waals surface area (Å²) in [4.78, 5) is 45.6. The van der Waals surface area contributed by atoms with Gasteiger partial charge in [-0.05, 0) is 103 Å². The van der Waals surface area contributed by atoms with Crippen molar-refractivity contribution in [3.63, 3.8) is 0 Å². The van der Waals surface area contributed by atoms with Gasteiger partial charge >= 0.3 is 12.2 Å². The molecule has 254 valence electrons.